The zero-order valence-corrected chi connectivity index (χ0v) is 17.6. The third-order valence-corrected chi connectivity index (χ3v) is 6.52. The van der Waals surface area contributed by atoms with Crippen LogP contribution in [0, 0.1) is 11.6 Å². The highest BCUT2D eigenvalue weighted by Gasteiger charge is 2.17. The molecule has 0 fully saturated rings. The van der Waals surface area contributed by atoms with Crippen LogP contribution in [0.25, 0.3) is 0 Å². The van der Waals surface area contributed by atoms with Crippen LogP contribution in [0.1, 0.15) is 24.9 Å². The molecule has 0 aliphatic rings. The summed E-state index contributed by atoms with van der Waals surface area (Å²) in [5.74, 6) is -2.04. The van der Waals surface area contributed by atoms with Gasteiger partial charge in [-0.2, -0.15) is 0 Å². The van der Waals surface area contributed by atoms with Gasteiger partial charge in [0, 0.05) is 38.8 Å². The number of anilines is 1. The molecule has 1 unspecified atom stereocenters. The lowest BCUT2D eigenvalue weighted by Gasteiger charge is -2.25. The number of nitrogens with one attached hydrogen (secondary N) is 1. The van der Waals surface area contributed by atoms with Crippen molar-refractivity contribution < 1.29 is 22.0 Å². The minimum Gasteiger partial charge on any atom is -0.326 e. The summed E-state index contributed by atoms with van der Waals surface area (Å²) >= 11 is 0. The lowest BCUT2D eigenvalue weighted by Crippen LogP contribution is -2.27. The van der Waals surface area contributed by atoms with Crippen molar-refractivity contribution in [3.05, 3.63) is 59.7 Å². The van der Waals surface area contributed by atoms with E-state index in [-0.39, 0.29) is 23.3 Å². The molecule has 2 aromatic rings. The summed E-state index contributed by atoms with van der Waals surface area (Å²) in [6.07, 6.45) is 0.183. The van der Waals surface area contributed by atoms with Crippen LogP contribution in [-0.2, 0) is 14.8 Å². The molecule has 9 heteroatoms. The summed E-state index contributed by atoms with van der Waals surface area (Å²) in [6, 6.07) is 9.48. The van der Waals surface area contributed by atoms with E-state index in [4.69, 9.17) is 0 Å². The first-order chi connectivity index (χ1) is 13.5. The van der Waals surface area contributed by atoms with Crippen LogP contribution < -0.4 is 5.32 Å². The predicted octanol–water partition coefficient (Wildman–Crippen LogP) is 3.24. The molecular formula is C20H25F2N3O3S. The zero-order valence-electron chi connectivity index (χ0n) is 16.8. The second-order valence-corrected chi connectivity index (χ2v) is 9.09. The highest BCUT2D eigenvalue weighted by Crippen LogP contribution is 2.21. The zero-order chi connectivity index (χ0) is 21.8. The average molecular weight is 426 g/mol. The van der Waals surface area contributed by atoms with Crippen LogP contribution in [-0.4, -0.2) is 51.2 Å². The van der Waals surface area contributed by atoms with Crippen molar-refractivity contribution in [2.75, 3.05) is 33.0 Å². The molecule has 0 saturated heterocycles. The molecule has 1 N–H and O–H groups in total. The Hall–Kier alpha value is -2.36. The number of rotatable bonds is 8. The number of hydrogen-bond acceptors (Lipinski definition) is 4. The maximum Gasteiger partial charge on any atom is 0.242 e. The van der Waals surface area contributed by atoms with E-state index >= 15 is 0 Å². The summed E-state index contributed by atoms with van der Waals surface area (Å²) in [7, 11) is 1.16. The van der Waals surface area contributed by atoms with Crippen LogP contribution in [0.2, 0.25) is 0 Å². The molecule has 29 heavy (non-hydrogen) atoms. The molecule has 2 aromatic carbocycles. The first-order valence-corrected chi connectivity index (χ1v) is 10.4. The first-order valence-electron chi connectivity index (χ1n) is 9.00. The molecule has 0 aliphatic carbocycles. The molecule has 0 heterocycles. The van der Waals surface area contributed by atoms with E-state index in [0.717, 1.165) is 16.4 Å². The number of sulfonamides is 1. The van der Waals surface area contributed by atoms with Crippen LogP contribution in [0.5, 0.6) is 0 Å². The molecule has 0 aromatic heterocycles. The van der Waals surface area contributed by atoms with Gasteiger partial charge >= 0.3 is 0 Å². The third kappa shape index (κ3) is 5.81. The van der Waals surface area contributed by atoms with E-state index in [9.17, 15) is 22.0 Å². The number of amides is 1. The number of carbonyl (C=O) groups is 1. The van der Waals surface area contributed by atoms with Crippen molar-refractivity contribution in [3.8, 4) is 0 Å². The molecule has 6 nitrogen and oxygen atoms in total. The minimum absolute atomic E-state index is 0.139. The van der Waals surface area contributed by atoms with Crippen LogP contribution in [0.15, 0.2) is 47.4 Å². The van der Waals surface area contributed by atoms with Gasteiger partial charge in [-0.15, -0.1) is 0 Å². The second-order valence-electron chi connectivity index (χ2n) is 6.94. The lowest BCUT2D eigenvalue weighted by molar-refractivity contribution is -0.116. The van der Waals surface area contributed by atoms with E-state index in [0.29, 0.717) is 17.8 Å². The van der Waals surface area contributed by atoms with Crippen molar-refractivity contribution in [1.82, 2.24) is 9.21 Å². The van der Waals surface area contributed by atoms with Gasteiger partial charge in [0.25, 0.3) is 0 Å². The highest BCUT2D eigenvalue weighted by atomic mass is 32.2. The van der Waals surface area contributed by atoms with Crippen molar-refractivity contribution >= 4 is 21.6 Å². The fraction of sp³-hybridized carbons (Fsp3) is 0.350. The molecule has 2 rings (SSSR count). The van der Waals surface area contributed by atoms with Crippen molar-refractivity contribution in [2.24, 2.45) is 0 Å². The van der Waals surface area contributed by atoms with Gasteiger partial charge in [0.2, 0.25) is 15.9 Å². The topological polar surface area (TPSA) is 69.7 Å². The number of nitrogens with zero attached hydrogens (tertiary/aromatic N) is 2. The molecule has 0 spiro atoms. The van der Waals surface area contributed by atoms with E-state index in [1.807, 2.05) is 11.8 Å². The Morgan fingerprint density at radius 2 is 1.66 bits per heavy atom. The largest absolute Gasteiger partial charge is 0.326 e. The van der Waals surface area contributed by atoms with E-state index in [2.05, 4.69) is 5.32 Å². The van der Waals surface area contributed by atoms with Crippen molar-refractivity contribution in [1.29, 1.82) is 0 Å². The molecule has 0 aliphatic heterocycles. The second kappa shape index (κ2) is 9.43. The number of halogens is 2. The van der Waals surface area contributed by atoms with Gasteiger partial charge in [0.05, 0.1) is 4.90 Å². The Balaban J connectivity index is 1.91. The van der Waals surface area contributed by atoms with Crippen LogP contribution in [0.3, 0.4) is 0 Å². The van der Waals surface area contributed by atoms with E-state index < -0.39 is 21.7 Å². The number of hydrogen-bond donors (Lipinski definition) is 1. The SMILES string of the molecule is CC(c1ccc(F)c(F)c1)N(C)CCC(=O)Nc1ccc(S(=O)(=O)N(C)C)cc1. The fourth-order valence-electron chi connectivity index (χ4n) is 2.64. The molecule has 158 valence electrons. The van der Waals surface area contributed by atoms with Gasteiger partial charge in [0.1, 0.15) is 0 Å². The standard InChI is InChI=1S/C20H25F2N3O3S/c1-14(15-5-10-18(21)19(22)13-15)25(4)12-11-20(26)23-16-6-8-17(9-7-16)29(27,28)24(2)3/h5-10,13-14H,11-12H2,1-4H3,(H,23,26). The minimum atomic E-state index is -3.52. The molecule has 0 bridgehead atoms. The molecule has 1 atom stereocenters. The monoisotopic (exact) mass is 425 g/mol. The first kappa shape index (κ1) is 22.9. The van der Waals surface area contributed by atoms with Gasteiger partial charge in [0.15, 0.2) is 11.6 Å². The lowest BCUT2D eigenvalue weighted by atomic mass is 10.1. The maximum atomic E-state index is 13.4. The van der Waals surface area contributed by atoms with Crippen LogP contribution >= 0.6 is 0 Å². The third-order valence-electron chi connectivity index (χ3n) is 4.70. The summed E-state index contributed by atoms with van der Waals surface area (Å²) < 4.78 is 51.7. The highest BCUT2D eigenvalue weighted by molar-refractivity contribution is 7.89. The van der Waals surface area contributed by atoms with Gasteiger partial charge in [-0.25, -0.2) is 21.5 Å². The van der Waals surface area contributed by atoms with Crippen molar-refractivity contribution in [2.45, 2.75) is 24.3 Å². The van der Waals surface area contributed by atoms with Gasteiger partial charge in [-0.3, -0.25) is 9.69 Å². The molecule has 0 radical (unpaired) electrons. The number of carbonyl (C=O) groups excluding carboxylic acids is 1. The summed E-state index contributed by atoms with van der Waals surface area (Å²) in [5, 5.41) is 2.72. The molecule has 0 saturated carbocycles. The van der Waals surface area contributed by atoms with Gasteiger partial charge in [-0.05, 0) is 55.9 Å². The van der Waals surface area contributed by atoms with Crippen LogP contribution in [0.4, 0.5) is 14.5 Å². The Bertz CT molecular complexity index is 963. The van der Waals surface area contributed by atoms with Gasteiger partial charge < -0.3 is 5.32 Å². The Morgan fingerprint density at radius 1 is 1.03 bits per heavy atom. The molecular weight excluding hydrogens is 400 g/mol. The van der Waals surface area contributed by atoms with Gasteiger partial charge in [-0.1, -0.05) is 6.07 Å². The summed E-state index contributed by atoms with van der Waals surface area (Å²) in [6.45, 7) is 2.24. The Labute approximate surface area is 170 Å². The number of benzene rings is 2. The Morgan fingerprint density at radius 3 is 2.21 bits per heavy atom. The Kier molecular flexibility index (Phi) is 7.45. The molecule has 1 amide bonds. The summed E-state index contributed by atoms with van der Waals surface area (Å²) in [5.41, 5.74) is 1.11. The average Bonchev–Trinajstić information content (AvgIpc) is 2.68. The quantitative estimate of drug-likeness (QED) is 0.705. The smallest absolute Gasteiger partial charge is 0.242 e. The summed E-state index contributed by atoms with van der Waals surface area (Å²) in [4.78, 5) is 14.2. The predicted molar refractivity (Wildman–Crippen MR) is 108 cm³/mol. The van der Waals surface area contributed by atoms with E-state index in [1.54, 1.807) is 7.05 Å². The van der Waals surface area contributed by atoms with E-state index in [1.165, 1.54) is 44.4 Å². The maximum absolute atomic E-state index is 13.4. The fourth-order valence-corrected chi connectivity index (χ4v) is 3.54. The normalized spacial score (nSPS) is 13.0. The van der Waals surface area contributed by atoms with Crippen molar-refractivity contribution in [3.63, 3.8) is 0 Å².